The van der Waals surface area contributed by atoms with Crippen LogP contribution in [-0.2, 0) is 10.0 Å². The second-order valence-electron chi connectivity index (χ2n) is 4.72. The third-order valence-corrected chi connectivity index (χ3v) is 5.52. The Morgan fingerprint density at radius 2 is 2.12 bits per heavy atom. The quantitative estimate of drug-likeness (QED) is 0.795. The Hall–Kier alpha value is -0.130. The minimum atomic E-state index is -3.11. The van der Waals surface area contributed by atoms with Gasteiger partial charge in [0, 0.05) is 19.1 Å². The molecule has 1 atom stereocenters. The van der Waals surface area contributed by atoms with Crippen LogP contribution in [0.3, 0.4) is 0 Å². The van der Waals surface area contributed by atoms with E-state index in [1.54, 1.807) is 4.31 Å². The number of nitrogens with one attached hydrogen (secondary N) is 1. The topological polar surface area (TPSA) is 49.4 Å². The lowest BCUT2D eigenvalue weighted by atomic mass is 10.2. The molecule has 0 aromatic rings. The molecule has 1 saturated heterocycles. The van der Waals surface area contributed by atoms with Crippen molar-refractivity contribution in [2.24, 2.45) is 0 Å². The Morgan fingerprint density at radius 3 is 2.56 bits per heavy atom. The smallest absolute Gasteiger partial charge is 0.218 e. The number of piperidine rings is 1. The summed E-state index contributed by atoms with van der Waals surface area (Å²) in [5.74, 6) is 0. The molecular formula is C11H24N2O2S. The van der Waals surface area contributed by atoms with Gasteiger partial charge in [-0.3, -0.25) is 0 Å². The summed E-state index contributed by atoms with van der Waals surface area (Å²) in [7, 11) is -3.11. The molecule has 0 aromatic heterocycles. The van der Waals surface area contributed by atoms with Gasteiger partial charge < -0.3 is 5.32 Å². The van der Waals surface area contributed by atoms with Gasteiger partial charge in [0.25, 0.3) is 0 Å². The van der Waals surface area contributed by atoms with E-state index in [-0.39, 0.29) is 11.3 Å². The number of hydrogen-bond donors (Lipinski definition) is 1. The molecule has 0 bridgehead atoms. The molecule has 4 nitrogen and oxygen atoms in total. The zero-order chi connectivity index (χ0) is 12.2. The molecule has 1 heterocycles. The van der Waals surface area contributed by atoms with E-state index in [0.717, 1.165) is 25.8 Å². The van der Waals surface area contributed by atoms with E-state index in [4.69, 9.17) is 0 Å². The van der Waals surface area contributed by atoms with E-state index in [1.165, 1.54) is 0 Å². The zero-order valence-corrected chi connectivity index (χ0v) is 11.4. The van der Waals surface area contributed by atoms with Gasteiger partial charge in [-0.15, -0.1) is 0 Å². The molecule has 1 N–H and O–H groups in total. The maximum atomic E-state index is 12.4. The van der Waals surface area contributed by atoms with Crippen LogP contribution in [0.2, 0.25) is 0 Å². The molecule has 0 spiro atoms. The number of sulfonamides is 1. The first-order chi connectivity index (χ1) is 7.50. The second kappa shape index (κ2) is 5.98. The van der Waals surface area contributed by atoms with Crippen LogP contribution in [0, 0.1) is 0 Å². The number of nitrogens with zero attached hydrogens (tertiary/aromatic N) is 1. The highest BCUT2D eigenvalue weighted by Crippen LogP contribution is 2.18. The van der Waals surface area contributed by atoms with Crippen LogP contribution in [0.1, 0.15) is 40.0 Å². The fourth-order valence-electron chi connectivity index (χ4n) is 2.17. The molecule has 1 fully saturated rings. The van der Waals surface area contributed by atoms with Crippen molar-refractivity contribution in [3.63, 3.8) is 0 Å². The highest BCUT2D eigenvalue weighted by atomic mass is 32.2. The lowest BCUT2D eigenvalue weighted by Gasteiger charge is -2.32. The van der Waals surface area contributed by atoms with Crippen molar-refractivity contribution in [2.75, 3.05) is 19.6 Å². The molecule has 1 rings (SSSR count). The van der Waals surface area contributed by atoms with Crippen molar-refractivity contribution >= 4 is 10.0 Å². The Balaban J connectivity index is 2.79. The van der Waals surface area contributed by atoms with Gasteiger partial charge in [-0.1, -0.05) is 6.92 Å². The van der Waals surface area contributed by atoms with E-state index in [1.807, 2.05) is 20.8 Å². The molecule has 0 saturated carbocycles. The minimum Gasteiger partial charge on any atom is -0.315 e. The molecule has 0 aromatic carbocycles. The molecule has 16 heavy (non-hydrogen) atoms. The lowest BCUT2D eigenvalue weighted by Crippen LogP contribution is -2.48. The summed E-state index contributed by atoms with van der Waals surface area (Å²) in [5, 5.41) is 2.94. The Bertz CT molecular complexity index is 295. The number of hydrogen-bond acceptors (Lipinski definition) is 3. The van der Waals surface area contributed by atoms with Gasteiger partial charge in [0.1, 0.15) is 0 Å². The second-order valence-corrected chi connectivity index (χ2v) is 6.88. The van der Waals surface area contributed by atoms with Crippen LogP contribution in [0.5, 0.6) is 0 Å². The molecule has 0 amide bonds. The monoisotopic (exact) mass is 248 g/mol. The summed E-state index contributed by atoms with van der Waals surface area (Å²) >= 11 is 0. The fraction of sp³-hybridized carbons (Fsp3) is 1.00. The average Bonchev–Trinajstić information content (AvgIpc) is 2.26. The predicted octanol–water partition coefficient (Wildman–Crippen LogP) is 1.19. The third kappa shape index (κ3) is 3.18. The SMILES string of the molecule is CCCN(C(C)C)S(=O)(=O)C1CCCNC1. The van der Waals surface area contributed by atoms with Crippen molar-refractivity contribution in [1.29, 1.82) is 0 Å². The summed E-state index contributed by atoms with van der Waals surface area (Å²) < 4.78 is 26.5. The van der Waals surface area contributed by atoms with E-state index in [9.17, 15) is 8.42 Å². The molecular weight excluding hydrogens is 224 g/mol. The van der Waals surface area contributed by atoms with Crippen molar-refractivity contribution in [3.05, 3.63) is 0 Å². The van der Waals surface area contributed by atoms with Crippen molar-refractivity contribution in [1.82, 2.24) is 9.62 Å². The summed E-state index contributed by atoms with van der Waals surface area (Å²) in [4.78, 5) is 0. The van der Waals surface area contributed by atoms with Crippen LogP contribution < -0.4 is 5.32 Å². The first-order valence-electron chi connectivity index (χ1n) is 6.21. The molecule has 96 valence electrons. The lowest BCUT2D eigenvalue weighted by molar-refractivity contribution is 0.342. The highest BCUT2D eigenvalue weighted by molar-refractivity contribution is 7.89. The van der Waals surface area contributed by atoms with E-state index < -0.39 is 10.0 Å². The maximum absolute atomic E-state index is 12.4. The molecule has 0 aliphatic carbocycles. The van der Waals surface area contributed by atoms with Gasteiger partial charge in [0.2, 0.25) is 10.0 Å². The van der Waals surface area contributed by atoms with Gasteiger partial charge >= 0.3 is 0 Å². The van der Waals surface area contributed by atoms with Gasteiger partial charge in [-0.2, -0.15) is 4.31 Å². The molecule has 5 heteroatoms. The van der Waals surface area contributed by atoms with Crippen LogP contribution >= 0.6 is 0 Å². The van der Waals surface area contributed by atoms with E-state index in [0.29, 0.717) is 13.1 Å². The molecule has 1 aliphatic rings. The first kappa shape index (κ1) is 13.9. The Labute approximate surface area is 99.5 Å². The summed E-state index contributed by atoms with van der Waals surface area (Å²) in [6.07, 6.45) is 2.63. The standard InChI is InChI=1S/C11H24N2O2S/c1-4-8-13(10(2)3)16(14,15)11-6-5-7-12-9-11/h10-12H,4-9H2,1-3H3. The maximum Gasteiger partial charge on any atom is 0.218 e. The predicted molar refractivity (Wildman–Crippen MR) is 66.9 cm³/mol. The van der Waals surface area contributed by atoms with Crippen LogP contribution in [0.4, 0.5) is 0 Å². The van der Waals surface area contributed by atoms with Crippen LogP contribution in [0.25, 0.3) is 0 Å². The van der Waals surface area contributed by atoms with Crippen LogP contribution in [0.15, 0.2) is 0 Å². The van der Waals surface area contributed by atoms with Crippen molar-refractivity contribution in [2.45, 2.75) is 51.3 Å². The van der Waals surface area contributed by atoms with E-state index in [2.05, 4.69) is 5.32 Å². The normalized spacial score (nSPS) is 22.9. The fourth-order valence-corrected chi connectivity index (χ4v) is 4.37. The first-order valence-corrected chi connectivity index (χ1v) is 7.71. The summed E-state index contributed by atoms with van der Waals surface area (Å²) in [6, 6.07) is 0.0619. The van der Waals surface area contributed by atoms with Gasteiger partial charge in [-0.05, 0) is 39.7 Å². The average molecular weight is 248 g/mol. The molecule has 1 aliphatic heterocycles. The summed E-state index contributed by atoms with van der Waals surface area (Å²) in [6.45, 7) is 8.10. The van der Waals surface area contributed by atoms with Crippen molar-refractivity contribution in [3.8, 4) is 0 Å². The molecule has 0 radical (unpaired) electrons. The van der Waals surface area contributed by atoms with Gasteiger partial charge in [-0.25, -0.2) is 8.42 Å². The van der Waals surface area contributed by atoms with E-state index >= 15 is 0 Å². The largest absolute Gasteiger partial charge is 0.315 e. The third-order valence-electron chi connectivity index (χ3n) is 3.02. The Kier molecular flexibility index (Phi) is 5.21. The summed E-state index contributed by atoms with van der Waals surface area (Å²) in [5.41, 5.74) is 0. The van der Waals surface area contributed by atoms with Gasteiger partial charge in [0.15, 0.2) is 0 Å². The zero-order valence-electron chi connectivity index (χ0n) is 10.6. The van der Waals surface area contributed by atoms with Gasteiger partial charge in [0.05, 0.1) is 5.25 Å². The Morgan fingerprint density at radius 1 is 1.44 bits per heavy atom. The highest BCUT2D eigenvalue weighted by Gasteiger charge is 2.33. The minimum absolute atomic E-state index is 0.0619. The van der Waals surface area contributed by atoms with Crippen LogP contribution in [-0.4, -0.2) is 43.6 Å². The number of rotatable bonds is 5. The van der Waals surface area contributed by atoms with Crippen molar-refractivity contribution < 1.29 is 8.42 Å². The molecule has 1 unspecified atom stereocenters.